The third-order valence-corrected chi connectivity index (χ3v) is 2.31. The van der Waals surface area contributed by atoms with Crippen LogP contribution in [0.1, 0.15) is 23.7 Å². The van der Waals surface area contributed by atoms with Crippen LogP contribution in [-0.4, -0.2) is 40.6 Å². The lowest BCUT2D eigenvalue weighted by molar-refractivity contribution is 0.0722. The fourth-order valence-electron chi connectivity index (χ4n) is 1.53. The Morgan fingerprint density at radius 1 is 1.59 bits per heavy atom. The van der Waals surface area contributed by atoms with E-state index in [9.17, 15) is 4.79 Å². The summed E-state index contributed by atoms with van der Waals surface area (Å²) in [5, 5.41) is 8.92. The van der Waals surface area contributed by atoms with Crippen molar-refractivity contribution < 1.29 is 9.90 Å². The van der Waals surface area contributed by atoms with E-state index in [-0.39, 0.29) is 12.5 Å². The fraction of sp³-hybridized carbons (Fsp3) is 0.455. The maximum atomic E-state index is 12.1. The first-order valence-electron chi connectivity index (χ1n) is 5.55. The molecule has 0 saturated heterocycles. The quantitative estimate of drug-likeness (QED) is 0.487. The van der Waals surface area contributed by atoms with Gasteiger partial charge in [-0.25, -0.2) is 10.8 Å². The lowest BCUT2D eigenvalue weighted by atomic mass is 10.2. The number of hydrazine groups is 1. The van der Waals surface area contributed by atoms with Gasteiger partial charge in [0.05, 0.1) is 6.61 Å². The molecule has 0 aliphatic rings. The highest BCUT2D eigenvalue weighted by Crippen LogP contribution is 2.09. The van der Waals surface area contributed by atoms with Crippen molar-refractivity contribution in [1.82, 2.24) is 9.88 Å². The van der Waals surface area contributed by atoms with Gasteiger partial charge in [0.25, 0.3) is 5.91 Å². The Morgan fingerprint density at radius 2 is 2.35 bits per heavy atom. The molecule has 6 heteroatoms. The number of carbonyl (C=O) groups is 1. The predicted molar refractivity (Wildman–Crippen MR) is 65.3 cm³/mol. The molecule has 1 rings (SSSR count). The van der Waals surface area contributed by atoms with Crippen molar-refractivity contribution in [1.29, 1.82) is 0 Å². The van der Waals surface area contributed by atoms with Crippen LogP contribution in [0.3, 0.4) is 0 Å². The SMILES string of the molecule is CCCN(CCO)C(=O)c1ccnc(NN)c1. The molecule has 0 aromatic carbocycles. The van der Waals surface area contributed by atoms with Crippen LogP contribution in [0.4, 0.5) is 5.82 Å². The van der Waals surface area contributed by atoms with E-state index in [1.54, 1.807) is 17.0 Å². The normalized spacial score (nSPS) is 10.1. The average Bonchev–Trinajstić information content (AvgIpc) is 2.38. The molecule has 0 aliphatic heterocycles. The van der Waals surface area contributed by atoms with Gasteiger partial charge in [0.15, 0.2) is 0 Å². The number of aliphatic hydroxyl groups excluding tert-OH is 1. The number of rotatable bonds is 6. The van der Waals surface area contributed by atoms with E-state index in [2.05, 4.69) is 10.4 Å². The first-order chi connectivity index (χ1) is 8.22. The van der Waals surface area contributed by atoms with E-state index in [0.717, 1.165) is 6.42 Å². The van der Waals surface area contributed by atoms with Crippen molar-refractivity contribution >= 4 is 11.7 Å². The van der Waals surface area contributed by atoms with Gasteiger partial charge < -0.3 is 15.4 Å². The first-order valence-corrected chi connectivity index (χ1v) is 5.55. The summed E-state index contributed by atoms with van der Waals surface area (Å²) in [4.78, 5) is 17.7. The lowest BCUT2D eigenvalue weighted by Gasteiger charge is -2.21. The van der Waals surface area contributed by atoms with Gasteiger partial charge in [-0.3, -0.25) is 4.79 Å². The minimum absolute atomic E-state index is 0.0428. The highest BCUT2D eigenvalue weighted by Gasteiger charge is 2.14. The van der Waals surface area contributed by atoms with Gasteiger partial charge in [0.2, 0.25) is 0 Å². The number of nitrogens with one attached hydrogen (secondary N) is 1. The smallest absolute Gasteiger partial charge is 0.254 e. The number of amides is 1. The van der Waals surface area contributed by atoms with E-state index in [1.165, 1.54) is 6.20 Å². The molecular formula is C11H18N4O2. The second-order valence-electron chi connectivity index (χ2n) is 3.59. The van der Waals surface area contributed by atoms with Gasteiger partial charge in [0, 0.05) is 24.8 Å². The molecule has 1 aromatic heterocycles. The molecule has 0 radical (unpaired) electrons. The van der Waals surface area contributed by atoms with Crippen molar-refractivity contribution in [3.63, 3.8) is 0 Å². The summed E-state index contributed by atoms with van der Waals surface area (Å²) < 4.78 is 0. The van der Waals surface area contributed by atoms with Crippen molar-refractivity contribution in [2.24, 2.45) is 5.84 Å². The Balaban J connectivity index is 2.84. The zero-order valence-electron chi connectivity index (χ0n) is 9.89. The van der Waals surface area contributed by atoms with Crippen LogP contribution < -0.4 is 11.3 Å². The molecule has 17 heavy (non-hydrogen) atoms. The topological polar surface area (TPSA) is 91.5 Å². The number of nitrogen functional groups attached to an aromatic ring is 1. The largest absolute Gasteiger partial charge is 0.395 e. The van der Waals surface area contributed by atoms with Crippen LogP contribution in [0.25, 0.3) is 0 Å². The molecule has 1 amide bonds. The van der Waals surface area contributed by atoms with Crippen LogP contribution in [0.2, 0.25) is 0 Å². The molecule has 94 valence electrons. The van der Waals surface area contributed by atoms with E-state index in [0.29, 0.717) is 24.5 Å². The highest BCUT2D eigenvalue weighted by atomic mass is 16.3. The van der Waals surface area contributed by atoms with Crippen LogP contribution in [0.15, 0.2) is 18.3 Å². The Labute approximate surface area is 100 Å². The monoisotopic (exact) mass is 238 g/mol. The summed E-state index contributed by atoms with van der Waals surface area (Å²) in [7, 11) is 0. The Bertz CT molecular complexity index is 364. The molecule has 0 unspecified atom stereocenters. The number of nitrogens with two attached hydrogens (primary N) is 1. The van der Waals surface area contributed by atoms with E-state index in [4.69, 9.17) is 10.9 Å². The molecule has 0 aliphatic carbocycles. The van der Waals surface area contributed by atoms with Crippen LogP contribution in [-0.2, 0) is 0 Å². The molecule has 0 spiro atoms. The standard InChI is InChI=1S/C11H18N4O2/c1-2-5-15(6-7-16)11(17)9-3-4-13-10(8-9)14-12/h3-4,8,16H,2,5-7,12H2,1H3,(H,13,14). The molecule has 0 bridgehead atoms. The van der Waals surface area contributed by atoms with Gasteiger partial charge in [-0.2, -0.15) is 0 Å². The van der Waals surface area contributed by atoms with E-state index in [1.807, 2.05) is 6.92 Å². The van der Waals surface area contributed by atoms with Crippen molar-refractivity contribution in [2.75, 3.05) is 25.1 Å². The summed E-state index contributed by atoms with van der Waals surface area (Å²) in [6, 6.07) is 3.21. The number of pyridine rings is 1. The molecule has 0 atom stereocenters. The van der Waals surface area contributed by atoms with Crippen molar-refractivity contribution in [3.05, 3.63) is 23.9 Å². The zero-order chi connectivity index (χ0) is 12.7. The Morgan fingerprint density at radius 3 is 2.94 bits per heavy atom. The molecule has 0 fully saturated rings. The van der Waals surface area contributed by atoms with Crippen molar-refractivity contribution in [3.8, 4) is 0 Å². The summed E-state index contributed by atoms with van der Waals surface area (Å²) in [5.74, 6) is 5.55. The molecule has 6 nitrogen and oxygen atoms in total. The summed E-state index contributed by atoms with van der Waals surface area (Å²) in [6.07, 6.45) is 2.37. The van der Waals surface area contributed by atoms with Gasteiger partial charge in [0.1, 0.15) is 5.82 Å². The number of nitrogens with zero attached hydrogens (tertiary/aromatic N) is 2. The van der Waals surface area contributed by atoms with Crippen molar-refractivity contribution in [2.45, 2.75) is 13.3 Å². The summed E-state index contributed by atoms with van der Waals surface area (Å²) >= 11 is 0. The number of aromatic nitrogens is 1. The van der Waals surface area contributed by atoms with Gasteiger partial charge >= 0.3 is 0 Å². The second kappa shape index (κ2) is 6.82. The average molecular weight is 238 g/mol. The predicted octanol–water partition coefficient (Wildman–Crippen LogP) is 0.212. The minimum atomic E-state index is -0.125. The van der Waals surface area contributed by atoms with Crippen LogP contribution >= 0.6 is 0 Å². The number of hydrogen-bond acceptors (Lipinski definition) is 5. The molecular weight excluding hydrogens is 220 g/mol. The summed E-state index contributed by atoms with van der Waals surface area (Å²) in [6.45, 7) is 2.89. The highest BCUT2D eigenvalue weighted by molar-refractivity contribution is 5.94. The molecule has 4 N–H and O–H groups in total. The summed E-state index contributed by atoms with van der Waals surface area (Å²) in [5.41, 5.74) is 2.90. The first kappa shape index (κ1) is 13.4. The molecule has 1 heterocycles. The van der Waals surface area contributed by atoms with E-state index >= 15 is 0 Å². The third kappa shape index (κ3) is 3.69. The van der Waals surface area contributed by atoms with Gasteiger partial charge in [-0.1, -0.05) is 6.92 Å². The van der Waals surface area contributed by atoms with E-state index < -0.39 is 0 Å². The van der Waals surface area contributed by atoms with Crippen LogP contribution in [0, 0.1) is 0 Å². The second-order valence-corrected chi connectivity index (χ2v) is 3.59. The molecule has 1 aromatic rings. The van der Waals surface area contributed by atoms with Gasteiger partial charge in [-0.15, -0.1) is 0 Å². The maximum Gasteiger partial charge on any atom is 0.254 e. The number of aliphatic hydroxyl groups is 1. The van der Waals surface area contributed by atoms with Gasteiger partial charge in [-0.05, 0) is 18.6 Å². The Hall–Kier alpha value is -1.66. The lowest BCUT2D eigenvalue weighted by Crippen LogP contribution is -2.34. The number of carbonyl (C=O) groups excluding carboxylic acids is 1. The number of anilines is 1. The third-order valence-electron chi connectivity index (χ3n) is 2.31. The van der Waals surface area contributed by atoms with Crippen LogP contribution in [0.5, 0.6) is 0 Å². The number of hydrogen-bond donors (Lipinski definition) is 3. The minimum Gasteiger partial charge on any atom is -0.395 e. The fourth-order valence-corrected chi connectivity index (χ4v) is 1.53. The zero-order valence-corrected chi connectivity index (χ0v) is 9.89. The molecule has 0 saturated carbocycles. The maximum absolute atomic E-state index is 12.1. The Kier molecular flexibility index (Phi) is 5.38.